The summed E-state index contributed by atoms with van der Waals surface area (Å²) < 4.78 is 0. The van der Waals surface area contributed by atoms with Gasteiger partial charge in [0.05, 0.1) is 0 Å². The summed E-state index contributed by atoms with van der Waals surface area (Å²) in [6.45, 7) is 10.9. The topological polar surface area (TPSA) is 3.24 Å². The highest BCUT2D eigenvalue weighted by atomic mass is 15.1. The first-order valence-corrected chi connectivity index (χ1v) is 15.1. The third kappa shape index (κ3) is 26.1. The molecule has 0 saturated carbocycles. The van der Waals surface area contributed by atoms with E-state index in [1.807, 2.05) is 0 Å². The first kappa shape index (κ1) is 31.0. The van der Waals surface area contributed by atoms with E-state index in [4.69, 9.17) is 0 Å². The molecule has 31 heavy (non-hydrogen) atoms. The summed E-state index contributed by atoms with van der Waals surface area (Å²) >= 11 is 0. The van der Waals surface area contributed by atoms with Gasteiger partial charge < -0.3 is 4.90 Å². The molecule has 0 aromatic heterocycles. The Morgan fingerprint density at radius 3 is 0.742 bits per heavy atom. The zero-order chi connectivity index (χ0) is 22.7. The van der Waals surface area contributed by atoms with Gasteiger partial charge in [-0.3, -0.25) is 0 Å². The Kier molecular flexibility index (Phi) is 28.0. The molecule has 0 N–H and O–H groups in total. The molecule has 0 rings (SSSR count). The largest absolute Gasteiger partial charge is 0.304 e. The highest BCUT2D eigenvalue weighted by Gasteiger charge is 2.02. The average molecular weight is 438 g/mol. The van der Waals surface area contributed by atoms with Crippen molar-refractivity contribution in [2.24, 2.45) is 0 Å². The predicted octanol–water partition coefficient (Wildman–Crippen LogP) is 10.7. The molecule has 0 heterocycles. The van der Waals surface area contributed by atoms with Crippen LogP contribution in [0.15, 0.2) is 0 Å². The monoisotopic (exact) mass is 437 g/mol. The molecule has 188 valence electrons. The van der Waals surface area contributed by atoms with Gasteiger partial charge in [-0.1, -0.05) is 162 Å². The second kappa shape index (κ2) is 28.0. The number of unbranched alkanes of at least 4 members (excludes halogenated alkanes) is 22. The maximum Gasteiger partial charge on any atom is -0.00189 e. The number of hydrogen-bond acceptors (Lipinski definition) is 1. The summed E-state index contributed by atoms with van der Waals surface area (Å²) in [6, 6.07) is 0. The van der Waals surface area contributed by atoms with Gasteiger partial charge in [0, 0.05) is 0 Å². The minimum absolute atomic E-state index is 1.25. The van der Waals surface area contributed by atoms with Gasteiger partial charge in [-0.05, 0) is 32.5 Å². The van der Waals surface area contributed by atoms with Crippen LogP contribution in [0.5, 0.6) is 0 Å². The number of rotatable bonds is 27. The van der Waals surface area contributed by atoms with E-state index < -0.39 is 0 Å². The number of nitrogens with zero attached hydrogens (tertiary/aromatic N) is 1. The molecular weight excluding hydrogens is 374 g/mol. The van der Waals surface area contributed by atoms with Crippen LogP contribution in [-0.2, 0) is 0 Å². The standard InChI is InChI=1S/C30H63N/c1-4-7-9-11-13-15-17-19-21-23-25-27-29-31(6-3)30-28-26-24-22-20-18-16-14-12-10-8-5-2/h4-30H2,1-3H3. The molecule has 0 spiro atoms. The number of hydrogen-bond donors (Lipinski definition) is 0. The maximum atomic E-state index is 2.70. The summed E-state index contributed by atoms with van der Waals surface area (Å²) in [6.07, 6.45) is 34.9. The molecular formula is C30H63N. The molecule has 1 heteroatoms. The molecule has 0 unspecified atom stereocenters. The lowest BCUT2D eigenvalue weighted by Crippen LogP contribution is -2.25. The summed E-state index contributed by atoms with van der Waals surface area (Å²) in [7, 11) is 0. The Morgan fingerprint density at radius 2 is 0.516 bits per heavy atom. The van der Waals surface area contributed by atoms with Crippen LogP contribution in [0.1, 0.15) is 175 Å². The van der Waals surface area contributed by atoms with Crippen LogP contribution in [0.2, 0.25) is 0 Å². The van der Waals surface area contributed by atoms with Gasteiger partial charge >= 0.3 is 0 Å². The van der Waals surface area contributed by atoms with E-state index in [1.165, 1.54) is 174 Å². The van der Waals surface area contributed by atoms with E-state index in [2.05, 4.69) is 25.7 Å². The summed E-state index contributed by atoms with van der Waals surface area (Å²) in [5, 5.41) is 0. The van der Waals surface area contributed by atoms with Crippen molar-refractivity contribution in [3.05, 3.63) is 0 Å². The van der Waals surface area contributed by atoms with Gasteiger partial charge in [0.2, 0.25) is 0 Å². The van der Waals surface area contributed by atoms with Gasteiger partial charge in [0.15, 0.2) is 0 Å². The Morgan fingerprint density at radius 1 is 0.290 bits per heavy atom. The molecule has 0 aromatic rings. The second-order valence-corrected chi connectivity index (χ2v) is 10.2. The van der Waals surface area contributed by atoms with Crippen molar-refractivity contribution < 1.29 is 0 Å². The van der Waals surface area contributed by atoms with E-state index >= 15 is 0 Å². The van der Waals surface area contributed by atoms with Crippen LogP contribution in [-0.4, -0.2) is 24.5 Å². The van der Waals surface area contributed by atoms with Crippen molar-refractivity contribution >= 4 is 0 Å². The van der Waals surface area contributed by atoms with Crippen molar-refractivity contribution in [1.29, 1.82) is 0 Å². The highest BCUT2D eigenvalue weighted by Crippen LogP contribution is 2.14. The summed E-state index contributed by atoms with van der Waals surface area (Å²) in [5.74, 6) is 0. The molecule has 0 fully saturated rings. The van der Waals surface area contributed by atoms with Crippen LogP contribution in [0, 0.1) is 0 Å². The molecule has 0 bridgehead atoms. The highest BCUT2D eigenvalue weighted by molar-refractivity contribution is 4.58. The molecule has 0 aliphatic heterocycles. The van der Waals surface area contributed by atoms with Crippen molar-refractivity contribution in [3.63, 3.8) is 0 Å². The van der Waals surface area contributed by atoms with Gasteiger partial charge in [-0.15, -0.1) is 0 Å². The normalized spacial score (nSPS) is 11.6. The minimum atomic E-state index is 1.25. The zero-order valence-electron chi connectivity index (χ0n) is 22.5. The Balaban J connectivity index is 3.26. The Labute approximate surface area is 199 Å². The molecule has 0 amide bonds. The third-order valence-corrected chi connectivity index (χ3v) is 7.10. The van der Waals surface area contributed by atoms with Gasteiger partial charge in [-0.2, -0.15) is 0 Å². The van der Waals surface area contributed by atoms with Crippen molar-refractivity contribution in [2.75, 3.05) is 19.6 Å². The molecule has 0 radical (unpaired) electrons. The molecule has 0 aliphatic carbocycles. The fraction of sp³-hybridized carbons (Fsp3) is 1.00. The van der Waals surface area contributed by atoms with Gasteiger partial charge in [0.25, 0.3) is 0 Å². The molecule has 0 aliphatic rings. The van der Waals surface area contributed by atoms with Crippen LogP contribution in [0.25, 0.3) is 0 Å². The van der Waals surface area contributed by atoms with Crippen molar-refractivity contribution in [1.82, 2.24) is 4.90 Å². The fourth-order valence-electron chi connectivity index (χ4n) is 4.78. The summed E-state index contributed by atoms with van der Waals surface area (Å²) in [4.78, 5) is 2.70. The first-order chi connectivity index (χ1) is 15.3. The van der Waals surface area contributed by atoms with Crippen LogP contribution < -0.4 is 0 Å². The van der Waals surface area contributed by atoms with Crippen LogP contribution in [0.4, 0.5) is 0 Å². The lowest BCUT2D eigenvalue weighted by molar-refractivity contribution is 0.273. The molecule has 0 atom stereocenters. The molecule has 0 saturated heterocycles. The summed E-state index contributed by atoms with van der Waals surface area (Å²) in [5.41, 5.74) is 0. The lowest BCUT2D eigenvalue weighted by Gasteiger charge is -2.20. The van der Waals surface area contributed by atoms with E-state index in [0.717, 1.165) is 0 Å². The fourth-order valence-corrected chi connectivity index (χ4v) is 4.78. The minimum Gasteiger partial charge on any atom is -0.304 e. The van der Waals surface area contributed by atoms with E-state index in [1.54, 1.807) is 0 Å². The smallest absolute Gasteiger partial charge is 0.00189 e. The lowest BCUT2D eigenvalue weighted by atomic mass is 10.0. The quantitative estimate of drug-likeness (QED) is 0.115. The first-order valence-electron chi connectivity index (χ1n) is 15.1. The van der Waals surface area contributed by atoms with E-state index in [-0.39, 0.29) is 0 Å². The van der Waals surface area contributed by atoms with E-state index in [0.29, 0.717) is 0 Å². The zero-order valence-corrected chi connectivity index (χ0v) is 22.5. The Bertz CT molecular complexity index is 273. The molecule has 0 aromatic carbocycles. The third-order valence-electron chi connectivity index (χ3n) is 7.10. The van der Waals surface area contributed by atoms with Crippen molar-refractivity contribution in [3.8, 4) is 0 Å². The van der Waals surface area contributed by atoms with Crippen LogP contribution >= 0.6 is 0 Å². The Hall–Kier alpha value is -0.0400. The maximum absolute atomic E-state index is 2.70. The van der Waals surface area contributed by atoms with Crippen molar-refractivity contribution in [2.45, 2.75) is 175 Å². The van der Waals surface area contributed by atoms with Gasteiger partial charge in [0.1, 0.15) is 0 Å². The molecule has 1 nitrogen and oxygen atoms in total. The van der Waals surface area contributed by atoms with Gasteiger partial charge in [-0.25, -0.2) is 0 Å². The van der Waals surface area contributed by atoms with Crippen LogP contribution in [0.3, 0.4) is 0 Å². The van der Waals surface area contributed by atoms with E-state index in [9.17, 15) is 0 Å². The SMILES string of the molecule is CCCCCCCCCCCCCCN(CC)CCCCCCCCCCCCCC. The predicted molar refractivity (Wildman–Crippen MR) is 144 cm³/mol. The second-order valence-electron chi connectivity index (χ2n) is 10.2. The average Bonchev–Trinajstić information content (AvgIpc) is 2.79.